The molecule has 7 heteroatoms. The predicted octanol–water partition coefficient (Wildman–Crippen LogP) is 2.77. The van der Waals surface area contributed by atoms with Crippen molar-refractivity contribution in [2.24, 2.45) is 0 Å². The Morgan fingerprint density at radius 3 is 2.60 bits per heavy atom. The number of fused-ring (bicyclic) bond motifs is 3. The fourth-order valence-corrected chi connectivity index (χ4v) is 3.70. The van der Waals surface area contributed by atoms with E-state index in [9.17, 15) is 9.59 Å². The van der Waals surface area contributed by atoms with Crippen LogP contribution < -0.4 is 10.9 Å². The highest BCUT2D eigenvalue weighted by molar-refractivity contribution is 6.00. The summed E-state index contributed by atoms with van der Waals surface area (Å²) in [5.41, 5.74) is 3.58. The molecule has 7 nitrogen and oxygen atoms in total. The first-order valence-corrected chi connectivity index (χ1v) is 10.0. The summed E-state index contributed by atoms with van der Waals surface area (Å²) in [6.07, 6.45) is 2.49. The van der Waals surface area contributed by atoms with Gasteiger partial charge in [0.2, 0.25) is 0 Å². The monoisotopic (exact) mass is 403 g/mol. The lowest BCUT2D eigenvalue weighted by molar-refractivity contribution is 0.0943. The van der Waals surface area contributed by atoms with Crippen LogP contribution in [0.5, 0.6) is 0 Å². The molecule has 1 atom stereocenters. The van der Waals surface area contributed by atoms with Crippen LogP contribution in [0.4, 0.5) is 0 Å². The number of aryl methyl sites for hydroxylation is 1. The average Bonchev–Trinajstić information content (AvgIpc) is 3.18. The van der Waals surface area contributed by atoms with Gasteiger partial charge < -0.3 is 15.2 Å². The van der Waals surface area contributed by atoms with E-state index >= 15 is 0 Å². The van der Waals surface area contributed by atoms with Gasteiger partial charge in [-0.1, -0.05) is 43.3 Å². The van der Waals surface area contributed by atoms with Gasteiger partial charge in [-0.3, -0.25) is 9.59 Å². The molecular weight excluding hydrogens is 378 g/mol. The van der Waals surface area contributed by atoms with E-state index in [0.29, 0.717) is 28.7 Å². The number of carbonyl (C=O) groups is 1. The maximum atomic E-state index is 12.9. The molecule has 0 radical (unpaired) electrons. The fraction of sp³-hybridized carbons (Fsp3) is 0.261. The number of para-hydroxylation sites is 1. The molecular formula is C23H25N5O2. The second-order valence-corrected chi connectivity index (χ2v) is 7.57. The van der Waals surface area contributed by atoms with Gasteiger partial charge in [0, 0.05) is 6.54 Å². The number of aromatic amines is 1. The SMILES string of the molecule is CCc1ccc(C(CNC(=O)c2cnn3c2[nH]c(=O)c2ccccc23)N(C)C)cc1. The number of nitrogens with one attached hydrogen (secondary N) is 2. The highest BCUT2D eigenvalue weighted by Crippen LogP contribution is 2.19. The number of hydrogen-bond acceptors (Lipinski definition) is 4. The van der Waals surface area contributed by atoms with Gasteiger partial charge in [-0.05, 0) is 43.8 Å². The largest absolute Gasteiger partial charge is 0.350 e. The first-order chi connectivity index (χ1) is 14.5. The zero-order valence-electron chi connectivity index (χ0n) is 17.3. The minimum Gasteiger partial charge on any atom is -0.350 e. The van der Waals surface area contributed by atoms with Crippen LogP contribution in [0.3, 0.4) is 0 Å². The van der Waals surface area contributed by atoms with E-state index < -0.39 is 0 Å². The van der Waals surface area contributed by atoms with Gasteiger partial charge in [0.05, 0.1) is 23.1 Å². The molecule has 30 heavy (non-hydrogen) atoms. The molecule has 0 saturated carbocycles. The zero-order valence-corrected chi connectivity index (χ0v) is 17.3. The first kappa shape index (κ1) is 19.8. The van der Waals surface area contributed by atoms with Crippen LogP contribution in [-0.2, 0) is 6.42 Å². The molecule has 2 heterocycles. The van der Waals surface area contributed by atoms with E-state index in [1.165, 1.54) is 11.8 Å². The summed E-state index contributed by atoms with van der Waals surface area (Å²) in [4.78, 5) is 30.2. The molecule has 4 rings (SSSR count). The summed E-state index contributed by atoms with van der Waals surface area (Å²) >= 11 is 0. The Kier molecular flexibility index (Phi) is 5.37. The standard InChI is InChI=1S/C23H25N5O2/c1-4-15-9-11-16(12-10-15)20(27(2)3)14-24-22(29)18-13-25-28-19-8-6-5-7-17(19)23(30)26-21(18)28/h5-13,20H,4,14H2,1-3H3,(H,24,29)(H,26,30). The second-order valence-electron chi connectivity index (χ2n) is 7.57. The van der Waals surface area contributed by atoms with E-state index in [1.54, 1.807) is 16.6 Å². The summed E-state index contributed by atoms with van der Waals surface area (Å²) < 4.78 is 1.60. The predicted molar refractivity (Wildman–Crippen MR) is 118 cm³/mol. The van der Waals surface area contributed by atoms with Gasteiger partial charge >= 0.3 is 0 Å². The van der Waals surface area contributed by atoms with Crippen LogP contribution in [-0.4, -0.2) is 46.0 Å². The summed E-state index contributed by atoms with van der Waals surface area (Å²) in [5, 5.41) is 7.85. The van der Waals surface area contributed by atoms with E-state index in [-0.39, 0.29) is 17.5 Å². The molecule has 0 aliphatic rings. The summed E-state index contributed by atoms with van der Waals surface area (Å²) in [7, 11) is 3.98. The van der Waals surface area contributed by atoms with Crippen molar-refractivity contribution in [2.45, 2.75) is 19.4 Å². The normalized spacial score (nSPS) is 12.5. The van der Waals surface area contributed by atoms with Crippen LogP contribution in [0, 0.1) is 0 Å². The molecule has 0 fully saturated rings. The molecule has 2 aromatic carbocycles. The van der Waals surface area contributed by atoms with Gasteiger partial charge in [0.1, 0.15) is 11.2 Å². The number of rotatable bonds is 6. The van der Waals surface area contributed by atoms with Crippen molar-refractivity contribution >= 4 is 22.5 Å². The molecule has 1 amide bonds. The Labute approximate surface area is 174 Å². The van der Waals surface area contributed by atoms with Crippen molar-refractivity contribution in [3.8, 4) is 0 Å². The summed E-state index contributed by atoms with van der Waals surface area (Å²) in [6.45, 7) is 2.56. The highest BCUT2D eigenvalue weighted by Gasteiger charge is 2.19. The Bertz CT molecular complexity index is 1250. The number of amides is 1. The topological polar surface area (TPSA) is 82.5 Å². The fourth-order valence-electron chi connectivity index (χ4n) is 3.70. The average molecular weight is 403 g/mol. The molecule has 0 aliphatic heterocycles. The molecule has 1 unspecified atom stereocenters. The van der Waals surface area contributed by atoms with Crippen molar-refractivity contribution < 1.29 is 4.79 Å². The minimum absolute atomic E-state index is 0.0292. The molecule has 2 N–H and O–H groups in total. The lowest BCUT2D eigenvalue weighted by Crippen LogP contribution is -2.34. The van der Waals surface area contributed by atoms with Gasteiger partial charge in [0.25, 0.3) is 11.5 Å². The van der Waals surface area contributed by atoms with E-state index in [1.807, 2.05) is 26.2 Å². The quantitative estimate of drug-likeness (QED) is 0.519. The first-order valence-electron chi connectivity index (χ1n) is 10.0. The minimum atomic E-state index is -0.270. The summed E-state index contributed by atoms with van der Waals surface area (Å²) in [6, 6.07) is 15.7. The van der Waals surface area contributed by atoms with Crippen molar-refractivity contribution in [3.05, 3.63) is 81.8 Å². The lowest BCUT2D eigenvalue weighted by Gasteiger charge is -2.25. The molecule has 0 bridgehead atoms. The molecule has 0 aliphatic carbocycles. The van der Waals surface area contributed by atoms with Gasteiger partial charge in [-0.15, -0.1) is 0 Å². The lowest BCUT2D eigenvalue weighted by atomic mass is 10.0. The zero-order chi connectivity index (χ0) is 21.3. The van der Waals surface area contributed by atoms with Crippen LogP contribution >= 0.6 is 0 Å². The van der Waals surface area contributed by atoms with Gasteiger partial charge in [-0.2, -0.15) is 5.10 Å². The molecule has 4 aromatic rings. The third-order valence-electron chi connectivity index (χ3n) is 5.47. The number of hydrogen-bond donors (Lipinski definition) is 2. The third-order valence-corrected chi connectivity index (χ3v) is 5.47. The maximum absolute atomic E-state index is 12.9. The summed E-state index contributed by atoms with van der Waals surface area (Å²) in [5.74, 6) is -0.270. The van der Waals surface area contributed by atoms with E-state index in [0.717, 1.165) is 12.0 Å². The number of H-pyrrole nitrogens is 1. The Morgan fingerprint density at radius 2 is 1.90 bits per heavy atom. The Hall–Kier alpha value is -3.45. The molecule has 0 saturated heterocycles. The van der Waals surface area contributed by atoms with Crippen molar-refractivity contribution in [3.63, 3.8) is 0 Å². The van der Waals surface area contributed by atoms with Crippen LogP contribution in [0.1, 0.15) is 34.5 Å². The maximum Gasteiger partial charge on any atom is 0.259 e. The second kappa shape index (κ2) is 8.12. The third kappa shape index (κ3) is 3.59. The number of aromatic nitrogens is 3. The molecule has 2 aromatic heterocycles. The van der Waals surface area contributed by atoms with Crippen molar-refractivity contribution in [1.29, 1.82) is 0 Å². The highest BCUT2D eigenvalue weighted by atomic mass is 16.2. The number of benzene rings is 2. The van der Waals surface area contributed by atoms with Gasteiger partial charge in [0.15, 0.2) is 0 Å². The van der Waals surface area contributed by atoms with Crippen molar-refractivity contribution in [1.82, 2.24) is 24.8 Å². The number of nitrogens with zero attached hydrogens (tertiary/aromatic N) is 3. The van der Waals surface area contributed by atoms with E-state index in [4.69, 9.17) is 0 Å². The van der Waals surface area contributed by atoms with E-state index in [2.05, 4.69) is 51.5 Å². The van der Waals surface area contributed by atoms with Crippen LogP contribution in [0.25, 0.3) is 16.6 Å². The smallest absolute Gasteiger partial charge is 0.259 e. The molecule has 0 spiro atoms. The number of carbonyl (C=O) groups excluding carboxylic acids is 1. The van der Waals surface area contributed by atoms with Crippen LogP contribution in [0.15, 0.2) is 59.5 Å². The number of likely N-dealkylation sites (N-methyl/N-ethyl adjacent to an activating group) is 1. The van der Waals surface area contributed by atoms with Crippen LogP contribution in [0.2, 0.25) is 0 Å². The molecule has 154 valence electrons. The van der Waals surface area contributed by atoms with Crippen molar-refractivity contribution in [2.75, 3.05) is 20.6 Å². The van der Waals surface area contributed by atoms with Gasteiger partial charge in [-0.25, -0.2) is 4.52 Å². The Morgan fingerprint density at radius 1 is 1.17 bits per heavy atom. The Balaban J connectivity index is 1.60.